The van der Waals surface area contributed by atoms with E-state index in [-0.39, 0.29) is 5.41 Å². The Balaban J connectivity index is 2.06. The first kappa shape index (κ1) is 12.7. The standard InChI is InChI=1S/C18H19Cl/c19-17-11-13-18(14-12-17,15-7-3-1-4-8-15)16-9-5-2-6-10-16/h1-10,17H,11-14H2. The van der Waals surface area contributed by atoms with Crippen molar-refractivity contribution in [3.05, 3.63) is 71.8 Å². The summed E-state index contributed by atoms with van der Waals surface area (Å²) >= 11 is 6.32. The van der Waals surface area contributed by atoms with Crippen LogP contribution in [-0.2, 0) is 5.41 Å². The minimum atomic E-state index is 0.161. The highest BCUT2D eigenvalue weighted by molar-refractivity contribution is 6.20. The highest BCUT2D eigenvalue weighted by atomic mass is 35.5. The Hall–Kier alpha value is -1.27. The smallest absolute Gasteiger partial charge is 0.0337 e. The summed E-state index contributed by atoms with van der Waals surface area (Å²) in [4.78, 5) is 0. The molecular formula is C18H19Cl. The van der Waals surface area contributed by atoms with Crippen LogP contribution < -0.4 is 0 Å². The first-order valence-corrected chi connectivity index (χ1v) is 7.50. The van der Waals surface area contributed by atoms with E-state index in [9.17, 15) is 0 Å². The van der Waals surface area contributed by atoms with E-state index < -0.39 is 0 Å². The number of benzene rings is 2. The summed E-state index contributed by atoms with van der Waals surface area (Å²) in [6, 6.07) is 21.8. The van der Waals surface area contributed by atoms with E-state index in [1.807, 2.05) is 0 Å². The molecule has 0 aliphatic heterocycles. The predicted molar refractivity (Wildman–Crippen MR) is 81.8 cm³/mol. The van der Waals surface area contributed by atoms with Crippen LogP contribution >= 0.6 is 11.6 Å². The molecule has 0 atom stereocenters. The largest absolute Gasteiger partial charge is 0.123 e. The molecule has 0 nitrogen and oxygen atoms in total. The third-order valence-electron chi connectivity index (χ3n) is 4.42. The van der Waals surface area contributed by atoms with Crippen LogP contribution in [0.3, 0.4) is 0 Å². The van der Waals surface area contributed by atoms with Crippen LogP contribution in [0.4, 0.5) is 0 Å². The van der Waals surface area contributed by atoms with E-state index in [0.717, 1.165) is 25.7 Å². The number of hydrogen-bond donors (Lipinski definition) is 0. The van der Waals surface area contributed by atoms with Gasteiger partial charge in [-0.2, -0.15) is 0 Å². The molecule has 0 radical (unpaired) electrons. The summed E-state index contributed by atoms with van der Waals surface area (Å²) in [5.41, 5.74) is 3.03. The summed E-state index contributed by atoms with van der Waals surface area (Å²) in [6.45, 7) is 0. The maximum atomic E-state index is 6.32. The normalized spacial score (nSPS) is 19.2. The van der Waals surface area contributed by atoms with Gasteiger partial charge < -0.3 is 0 Å². The summed E-state index contributed by atoms with van der Waals surface area (Å²) in [5, 5.41) is 0.348. The molecule has 1 aliphatic carbocycles. The molecule has 19 heavy (non-hydrogen) atoms. The number of alkyl halides is 1. The molecule has 0 saturated heterocycles. The molecule has 3 rings (SSSR count). The van der Waals surface area contributed by atoms with Gasteiger partial charge >= 0.3 is 0 Å². The lowest BCUT2D eigenvalue weighted by Crippen LogP contribution is -2.33. The first-order valence-electron chi connectivity index (χ1n) is 7.06. The first-order chi connectivity index (χ1) is 9.31. The topological polar surface area (TPSA) is 0 Å². The molecule has 0 bridgehead atoms. The fraction of sp³-hybridized carbons (Fsp3) is 0.333. The van der Waals surface area contributed by atoms with E-state index in [2.05, 4.69) is 60.7 Å². The van der Waals surface area contributed by atoms with Gasteiger partial charge in [0.25, 0.3) is 0 Å². The molecule has 1 saturated carbocycles. The van der Waals surface area contributed by atoms with Crippen molar-refractivity contribution in [2.75, 3.05) is 0 Å². The second-order valence-electron chi connectivity index (χ2n) is 5.49. The van der Waals surface area contributed by atoms with Crippen molar-refractivity contribution in [2.24, 2.45) is 0 Å². The fourth-order valence-corrected chi connectivity index (χ4v) is 3.55. The van der Waals surface area contributed by atoms with Gasteiger partial charge in [0.2, 0.25) is 0 Å². The summed E-state index contributed by atoms with van der Waals surface area (Å²) in [6.07, 6.45) is 4.50. The molecule has 0 spiro atoms. The van der Waals surface area contributed by atoms with Crippen LogP contribution in [0.25, 0.3) is 0 Å². The Morgan fingerprint density at radius 3 is 1.58 bits per heavy atom. The quantitative estimate of drug-likeness (QED) is 0.662. The predicted octanol–water partition coefficient (Wildman–Crippen LogP) is 5.15. The molecule has 0 N–H and O–H groups in total. The molecule has 0 unspecified atom stereocenters. The average Bonchev–Trinajstić information content (AvgIpc) is 2.50. The molecule has 0 heterocycles. The van der Waals surface area contributed by atoms with E-state index >= 15 is 0 Å². The minimum absolute atomic E-state index is 0.161. The second-order valence-corrected chi connectivity index (χ2v) is 6.11. The zero-order chi connectivity index (χ0) is 13.1. The average molecular weight is 271 g/mol. The zero-order valence-electron chi connectivity index (χ0n) is 11.1. The minimum Gasteiger partial charge on any atom is -0.123 e. The molecule has 0 amide bonds. The SMILES string of the molecule is ClC1CCC(c2ccccc2)(c2ccccc2)CC1. The van der Waals surface area contributed by atoms with Gasteiger partial charge in [0.15, 0.2) is 0 Å². The van der Waals surface area contributed by atoms with Crippen LogP contribution in [0.5, 0.6) is 0 Å². The van der Waals surface area contributed by atoms with E-state index in [0.29, 0.717) is 5.38 Å². The lowest BCUT2D eigenvalue weighted by molar-refractivity contribution is 0.350. The number of halogens is 1. The molecule has 98 valence electrons. The van der Waals surface area contributed by atoms with Gasteiger partial charge in [-0.15, -0.1) is 11.6 Å². The van der Waals surface area contributed by atoms with Gasteiger partial charge in [-0.3, -0.25) is 0 Å². The van der Waals surface area contributed by atoms with Crippen LogP contribution in [0.1, 0.15) is 36.8 Å². The van der Waals surface area contributed by atoms with Crippen LogP contribution in [0, 0.1) is 0 Å². The highest BCUT2D eigenvalue weighted by Crippen LogP contribution is 2.45. The van der Waals surface area contributed by atoms with Gasteiger partial charge in [-0.1, -0.05) is 60.7 Å². The van der Waals surface area contributed by atoms with E-state index in [1.54, 1.807) is 0 Å². The van der Waals surface area contributed by atoms with Gasteiger partial charge in [-0.25, -0.2) is 0 Å². The van der Waals surface area contributed by atoms with Crippen LogP contribution in [0.15, 0.2) is 60.7 Å². The van der Waals surface area contributed by atoms with Gasteiger partial charge in [0.1, 0.15) is 0 Å². The summed E-state index contributed by atoms with van der Waals surface area (Å²) < 4.78 is 0. The van der Waals surface area contributed by atoms with Gasteiger partial charge in [0.05, 0.1) is 0 Å². The Bertz CT molecular complexity index is 468. The molecule has 0 aromatic heterocycles. The van der Waals surface area contributed by atoms with Crippen molar-refractivity contribution < 1.29 is 0 Å². The second kappa shape index (κ2) is 5.38. The Kier molecular flexibility index (Phi) is 3.61. The lowest BCUT2D eigenvalue weighted by atomic mass is 9.65. The molecule has 2 aromatic rings. The van der Waals surface area contributed by atoms with Crippen molar-refractivity contribution in [3.63, 3.8) is 0 Å². The molecule has 1 heteroatoms. The summed E-state index contributed by atoms with van der Waals surface area (Å²) in [5.74, 6) is 0. The van der Waals surface area contributed by atoms with Crippen molar-refractivity contribution in [3.8, 4) is 0 Å². The Morgan fingerprint density at radius 2 is 1.16 bits per heavy atom. The molecule has 1 aliphatic rings. The third kappa shape index (κ3) is 2.42. The molecule has 2 aromatic carbocycles. The molecular weight excluding hydrogens is 252 g/mol. The maximum absolute atomic E-state index is 6.32. The maximum Gasteiger partial charge on any atom is 0.0337 e. The number of hydrogen-bond acceptors (Lipinski definition) is 0. The van der Waals surface area contributed by atoms with Gasteiger partial charge in [0, 0.05) is 10.8 Å². The van der Waals surface area contributed by atoms with Crippen molar-refractivity contribution in [2.45, 2.75) is 36.5 Å². The van der Waals surface area contributed by atoms with Crippen molar-refractivity contribution in [1.82, 2.24) is 0 Å². The Labute approximate surface area is 120 Å². The highest BCUT2D eigenvalue weighted by Gasteiger charge is 2.37. The van der Waals surface area contributed by atoms with E-state index in [1.165, 1.54) is 11.1 Å². The summed E-state index contributed by atoms with van der Waals surface area (Å²) in [7, 11) is 0. The van der Waals surface area contributed by atoms with Gasteiger partial charge in [-0.05, 0) is 36.8 Å². The third-order valence-corrected chi connectivity index (χ3v) is 4.86. The van der Waals surface area contributed by atoms with Crippen molar-refractivity contribution >= 4 is 11.6 Å². The van der Waals surface area contributed by atoms with Crippen LogP contribution in [0.2, 0.25) is 0 Å². The number of rotatable bonds is 2. The van der Waals surface area contributed by atoms with E-state index in [4.69, 9.17) is 11.6 Å². The molecule has 1 fully saturated rings. The zero-order valence-corrected chi connectivity index (χ0v) is 11.8. The monoisotopic (exact) mass is 270 g/mol. The fourth-order valence-electron chi connectivity index (χ4n) is 3.33. The Morgan fingerprint density at radius 1 is 0.737 bits per heavy atom. The van der Waals surface area contributed by atoms with Crippen LogP contribution in [-0.4, -0.2) is 5.38 Å². The van der Waals surface area contributed by atoms with Crippen molar-refractivity contribution in [1.29, 1.82) is 0 Å². The lowest BCUT2D eigenvalue weighted by Gasteiger charge is -2.40.